The highest BCUT2D eigenvalue weighted by molar-refractivity contribution is 7.89. The minimum atomic E-state index is -3.80. The molecule has 0 aliphatic heterocycles. The topological polar surface area (TPSA) is 76.9 Å². The molecule has 3 rings (SSSR count). The second-order valence-electron chi connectivity index (χ2n) is 5.57. The first-order chi connectivity index (χ1) is 11.3. The number of sulfonamides is 1. The van der Waals surface area contributed by atoms with Crippen molar-refractivity contribution in [2.75, 3.05) is 0 Å². The zero-order valence-corrected chi connectivity index (χ0v) is 15.1. The fraction of sp³-hybridized carbons (Fsp3) is 0.250. The molecule has 0 amide bonds. The molecule has 8 heteroatoms. The number of halogens is 1. The zero-order valence-electron chi connectivity index (χ0n) is 13.5. The van der Waals surface area contributed by atoms with Crippen LogP contribution in [0.4, 0.5) is 0 Å². The van der Waals surface area contributed by atoms with E-state index in [1.54, 1.807) is 20.9 Å². The Morgan fingerprint density at radius 3 is 2.54 bits per heavy atom. The number of aryl methyl sites for hydroxylation is 3. The molecule has 0 saturated carbocycles. The first-order valence-electron chi connectivity index (χ1n) is 7.34. The Kier molecular flexibility index (Phi) is 4.33. The van der Waals surface area contributed by atoms with Gasteiger partial charge in [-0.25, -0.2) is 22.8 Å². The number of rotatable bonds is 4. The molecule has 0 fully saturated rings. The van der Waals surface area contributed by atoms with Crippen LogP contribution in [0, 0.1) is 13.8 Å². The van der Waals surface area contributed by atoms with Gasteiger partial charge in [0, 0.05) is 13.6 Å². The van der Waals surface area contributed by atoms with Gasteiger partial charge >= 0.3 is 0 Å². The molecule has 0 saturated heterocycles. The van der Waals surface area contributed by atoms with Crippen LogP contribution < -0.4 is 4.72 Å². The second kappa shape index (κ2) is 6.16. The van der Waals surface area contributed by atoms with Gasteiger partial charge in [0.25, 0.3) is 10.0 Å². The zero-order chi connectivity index (χ0) is 17.5. The van der Waals surface area contributed by atoms with Crippen molar-refractivity contribution in [3.05, 3.63) is 52.2 Å². The van der Waals surface area contributed by atoms with Gasteiger partial charge < -0.3 is 0 Å². The summed E-state index contributed by atoms with van der Waals surface area (Å²) < 4.78 is 29.5. The minimum absolute atomic E-state index is 0.0529. The van der Waals surface area contributed by atoms with Crippen molar-refractivity contribution in [1.29, 1.82) is 0 Å². The lowest BCUT2D eigenvalue weighted by molar-refractivity contribution is 0.574. The monoisotopic (exact) mass is 364 g/mol. The highest BCUT2D eigenvalue weighted by Crippen LogP contribution is 2.30. The van der Waals surface area contributed by atoms with Crippen molar-refractivity contribution in [2.24, 2.45) is 7.05 Å². The lowest BCUT2D eigenvalue weighted by Gasteiger charge is -2.07. The number of hydrogen-bond acceptors (Lipinski definition) is 4. The number of hydrogen-bond donors (Lipinski definition) is 1. The number of pyridine rings is 1. The molecule has 1 N–H and O–H groups in total. The van der Waals surface area contributed by atoms with E-state index < -0.39 is 10.0 Å². The molecule has 0 unspecified atom stereocenters. The fourth-order valence-electron chi connectivity index (χ4n) is 2.57. The Labute approximate surface area is 145 Å². The fourth-order valence-corrected chi connectivity index (χ4v) is 3.94. The van der Waals surface area contributed by atoms with Crippen LogP contribution in [-0.2, 0) is 23.6 Å². The Morgan fingerprint density at radius 2 is 1.88 bits per heavy atom. The van der Waals surface area contributed by atoms with Gasteiger partial charge in [-0.1, -0.05) is 41.9 Å². The number of fused-ring (bicyclic) bond motifs is 1. The first-order valence-corrected chi connectivity index (χ1v) is 9.20. The summed E-state index contributed by atoms with van der Waals surface area (Å²) in [5.41, 5.74) is 2.66. The van der Waals surface area contributed by atoms with E-state index >= 15 is 0 Å². The maximum Gasteiger partial charge on any atom is 0.260 e. The van der Waals surface area contributed by atoms with Crippen LogP contribution in [0.5, 0.6) is 0 Å². The van der Waals surface area contributed by atoms with E-state index in [1.165, 1.54) is 4.68 Å². The Hall–Kier alpha value is -1.96. The summed E-state index contributed by atoms with van der Waals surface area (Å²) in [6.07, 6.45) is 0. The summed E-state index contributed by atoms with van der Waals surface area (Å²) >= 11 is 6.25. The molecule has 126 valence electrons. The molecule has 24 heavy (non-hydrogen) atoms. The van der Waals surface area contributed by atoms with Gasteiger partial charge in [0.15, 0.2) is 5.65 Å². The van der Waals surface area contributed by atoms with Crippen molar-refractivity contribution < 1.29 is 8.42 Å². The molecule has 6 nitrogen and oxygen atoms in total. The van der Waals surface area contributed by atoms with Crippen LogP contribution in [0.1, 0.15) is 16.8 Å². The summed E-state index contributed by atoms with van der Waals surface area (Å²) in [7, 11) is -2.13. The average molecular weight is 365 g/mol. The molecule has 0 aliphatic carbocycles. The quantitative estimate of drug-likeness (QED) is 0.772. The lowest BCUT2D eigenvalue weighted by Crippen LogP contribution is -2.24. The van der Waals surface area contributed by atoms with E-state index in [-0.39, 0.29) is 11.6 Å². The molecule has 2 heterocycles. The van der Waals surface area contributed by atoms with E-state index in [1.807, 2.05) is 30.3 Å². The van der Waals surface area contributed by atoms with Crippen LogP contribution in [-0.4, -0.2) is 23.2 Å². The molecule has 0 radical (unpaired) electrons. The number of nitrogens with zero attached hydrogens (tertiary/aromatic N) is 3. The molecule has 3 aromatic rings. The molecule has 0 spiro atoms. The number of aromatic nitrogens is 3. The third kappa shape index (κ3) is 2.90. The second-order valence-corrected chi connectivity index (χ2v) is 7.63. The highest BCUT2D eigenvalue weighted by atomic mass is 35.5. The van der Waals surface area contributed by atoms with Crippen molar-refractivity contribution >= 4 is 32.7 Å². The van der Waals surface area contributed by atoms with E-state index in [2.05, 4.69) is 14.8 Å². The molecule has 2 aromatic heterocycles. The SMILES string of the molecule is Cc1nc2c(c(S(=O)(=O)NCc3ccccc3)nn2C)c(C)c1Cl. The van der Waals surface area contributed by atoms with E-state index in [0.717, 1.165) is 5.56 Å². The Balaban J connectivity index is 2.07. The Bertz CT molecular complexity index is 1010. The summed E-state index contributed by atoms with van der Waals surface area (Å²) in [5.74, 6) is 0. The summed E-state index contributed by atoms with van der Waals surface area (Å²) in [5, 5.41) is 5.02. The lowest BCUT2D eigenvalue weighted by atomic mass is 10.2. The van der Waals surface area contributed by atoms with Crippen molar-refractivity contribution in [2.45, 2.75) is 25.4 Å². The minimum Gasteiger partial charge on any atom is -0.249 e. The highest BCUT2D eigenvalue weighted by Gasteiger charge is 2.26. The summed E-state index contributed by atoms with van der Waals surface area (Å²) in [6.45, 7) is 3.74. The predicted molar refractivity (Wildman–Crippen MR) is 93.5 cm³/mol. The average Bonchev–Trinajstić information content (AvgIpc) is 2.90. The van der Waals surface area contributed by atoms with Crippen molar-refractivity contribution in [3.8, 4) is 0 Å². The maximum atomic E-state index is 12.7. The van der Waals surface area contributed by atoms with Crippen LogP contribution in [0.3, 0.4) is 0 Å². The van der Waals surface area contributed by atoms with Crippen molar-refractivity contribution in [3.63, 3.8) is 0 Å². The van der Waals surface area contributed by atoms with Gasteiger partial charge in [0.05, 0.1) is 16.1 Å². The summed E-state index contributed by atoms with van der Waals surface area (Å²) in [4.78, 5) is 4.36. The smallest absolute Gasteiger partial charge is 0.249 e. The normalized spacial score (nSPS) is 12.0. The standard InChI is InChI=1S/C16H17ClN4O2S/c1-10-13-15(19-11(2)14(10)17)21(3)20-16(13)24(22,23)18-9-12-7-5-4-6-8-12/h4-8,18H,9H2,1-3H3. The van der Waals surface area contributed by atoms with E-state index in [9.17, 15) is 8.42 Å². The van der Waals surface area contributed by atoms with Gasteiger partial charge in [0.2, 0.25) is 5.03 Å². The van der Waals surface area contributed by atoms with E-state index in [4.69, 9.17) is 11.6 Å². The first kappa shape index (κ1) is 16.9. The molecular formula is C16H17ClN4O2S. The van der Waals surface area contributed by atoms with Gasteiger partial charge in [-0.15, -0.1) is 0 Å². The van der Waals surface area contributed by atoms with Gasteiger partial charge in [0.1, 0.15) is 0 Å². The predicted octanol–water partition coefficient (Wildman–Crippen LogP) is 2.72. The van der Waals surface area contributed by atoms with Crippen LogP contribution in [0.15, 0.2) is 35.4 Å². The molecule has 0 atom stereocenters. The van der Waals surface area contributed by atoms with Crippen LogP contribution in [0.25, 0.3) is 11.0 Å². The third-order valence-corrected chi connectivity index (χ3v) is 5.72. The van der Waals surface area contributed by atoms with Gasteiger partial charge in [-0.05, 0) is 25.0 Å². The molecule has 0 aliphatic rings. The van der Waals surface area contributed by atoms with Gasteiger partial charge in [-0.2, -0.15) is 5.10 Å². The third-order valence-electron chi connectivity index (χ3n) is 3.84. The molecule has 0 bridgehead atoms. The van der Waals surface area contributed by atoms with Gasteiger partial charge in [-0.3, -0.25) is 0 Å². The Morgan fingerprint density at radius 1 is 1.21 bits per heavy atom. The largest absolute Gasteiger partial charge is 0.260 e. The van der Waals surface area contributed by atoms with Crippen LogP contribution >= 0.6 is 11.6 Å². The summed E-state index contributed by atoms with van der Waals surface area (Å²) in [6, 6.07) is 9.30. The number of benzene rings is 1. The molecule has 1 aromatic carbocycles. The van der Waals surface area contributed by atoms with Crippen molar-refractivity contribution in [1.82, 2.24) is 19.5 Å². The molecular weight excluding hydrogens is 348 g/mol. The van der Waals surface area contributed by atoms with E-state index in [0.29, 0.717) is 27.3 Å². The maximum absolute atomic E-state index is 12.7. The van der Waals surface area contributed by atoms with Crippen LogP contribution in [0.2, 0.25) is 5.02 Å². The number of nitrogens with one attached hydrogen (secondary N) is 1.